The number of aryl methyl sites for hydroxylation is 1. The van der Waals surface area contributed by atoms with Crippen LogP contribution in [0.15, 0.2) is 36.5 Å². The predicted molar refractivity (Wildman–Crippen MR) is 115 cm³/mol. The molecule has 1 atom stereocenters. The molecule has 2 aromatic rings. The molecule has 7 heteroatoms. The van der Waals surface area contributed by atoms with Crippen molar-refractivity contribution < 1.29 is 4.79 Å². The minimum atomic E-state index is -0.0487. The second-order valence-corrected chi connectivity index (χ2v) is 6.84. The number of pyridine rings is 1. The summed E-state index contributed by atoms with van der Waals surface area (Å²) in [5, 5.41) is 3.00. The number of halogens is 2. The van der Waals surface area contributed by atoms with Crippen LogP contribution in [0.25, 0.3) is 0 Å². The number of benzene rings is 1. The van der Waals surface area contributed by atoms with Gasteiger partial charge in [-0.2, -0.15) is 0 Å². The smallest absolute Gasteiger partial charge is 0.251 e. The zero-order valence-electron chi connectivity index (χ0n) is 15.8. The molecule has 1 heterocycles. The highest BCUT2D eigenvalue weighted by molar-refractivity contribution is 5.94. The van der Waals surface area contributed by atoms with Gasteiger partial charge in [-0.1, -0.05) is 6.07 Å². The van der Waals surface area contributed by atoms with E-state index in [2.05, 4.69) is 16.4 Å². The number of hydrogen-bond donors (Lipinski definition) is 2. The predicted octanol–water partition coefficient (Wildman–Crippen LogP) is 3.30. The lowest BCUT2D eigenvalue weighted by Crippen LogP contribution is -2.24. The number of aromatic nitrogens is 1. The van der Waals surface area contributed by atoms with E-state index in [4.69, 9.17) is 5.73 Å². The second kappa shape index (κ2) is 10.5. The molecular weight excluding hydrogens is 383 g/mol. The van der Waals surface area contributed by atoms with Crippen molar-refractivity contribution in [2.45, 2.75) is 31.7 Å². The molecule has 5 nitrogen and oxygen atoms in total. The Morgan fingerprint density at radius 3 is 2.74 bits per heavy atom. The van der Waals surface area contributed by atoms with Gasteiger partial charge in [0.25, 0.3) is 5.91 Å². The Kier molecular flexibility index (Phi) is 9.03. The van der Waals surface area contributed by atoms with Crippen molar-refractivity contribution in [3.8, 4) is 0 Å². The lowest BCUT2D eigenvalue weighted by atomic mass is 9.82. The van der Waals surface area contributed by atoms with Crippen LogP contribution in [0.5, 0.6) is 0 Å². The molecule has 0 saturated heterocycles. The summed E-state index contributed by atoms with van der Waals surface area (Å²) in [7, 11) is 3.90. The topological polar surface area (TPSA) is 71.2 Å². The monoisotopic (exact) mass is 410 g/mol. The van der Waals surface area contributed by atoms with E-state index in [0.717, 1.165) is 24.2 Å². The Labute approximate surface area is 173 Å². The van der Waals surface area contributed by atoms with Crippen molar-refractivity contribution in [1.82, 2.24) is 10.3 Å². The Morgan fingerprint density at radius 1 is 1.26 bits per heavy atom. The summed E-state index contributed by atoms with van der Waals surface area (Å²) >= 11 is 0. The highest BCUT2D eigenvalue weighted by Crippen LogP contribution is 2.31. The maximum atomic E-state index is 12.5. The van der Waals surface area contributed by atoms with Crippen molar-refractivity contribution in [2.24, 2.45) is 5.73 Å². The largest absolute Gasteiger partial charge is 0.363 e. The third-order valence-corrected chi connectivity index (χ3v) is 4.85. The zero-order chi connectivity index (χ0) is 17.8. The highest BCUT2D eigenvalue weighted by Gasteiger charge is 2.20. The fraction of sp³-hybridized carbons (Fsp3) is 0.400. The Hall–Kier alpha value is -1.82. The number of nitrogens with two attached hydrogens (primary N) is 1. The van der Waals surface area contributed by atoms with Crippen LogP contribution in [0.4, 0.5) is 5.82 Å². The van der Waals surface area contributed by atoms with Crippen LogP contribution in [0.1, 0.15) is 45.8 Å². The van der Waals surface area contributed by atoms with Gasteiger partial charge in [-0.25, -0.2) is 4.98 Å². The summed E-state index contributed by atoms with van der Waals surface area (Å²) in [5.74, 6) is 1.21. The van der Waals surface area contributed by atoms with Crippen molar-refractivity contribution in [3.05, 3.63) is 58.8 Å². The van der Waals surface area contributed by atoms with Gasteiger partial charge in [0.15, 0.2) is 0 Å². The number of amides is 1. The van der Waals surface area contributed by atoms with E-state index in [0.29, 0.717) is 24.6 Å². The van der Waals surface area contributed by atoms with Gasteiger partial charge in [0.2, 0.25) is 0 Å². The average molecular weight is 411 g/mol. The Bertz CT molecular complexity index is 767. The number of carbonyl (C=O) groups is 1. The Balaban J connectivity index is 0.00000182. The fourth-order valence-electron chi connectivity index (χ4n) is 3.38. The molecule has 0 radical (unpaired) electrons. The molecule has 0 spiro atoms. The van der Waals surface area contributed by atoms with Crippen LogP contribution in [0.3, 0.4) is 0 Å². The van der Waals surface area contributed by atoms with Crippen LogP contribution in [0, 0.1) is 0 Å². The van der Waals surface area contributed by atoms with Crippen LogP contribution < -0.4 is 16.0 Å². The van der Waals surface area contributed by atoms with Gasteiger partial charge in [-0.15, -0.1) is 24.8 Å². The van der Waals surface area contributed by atoms with Gasteiger partial charge in [0, 0.05) is 32.4 Å². The number of anilines is 1. The number of rotatable bonds is 5. The molecule has 148 valence electrons. The summed E-state index contributed by atoms with van der Waals surface area (Å²) < 4.78 is 0. The highest BCUT2D eigenvalue weighted by atomic mass is 35.5. The minimum Gasteiger partial charge on any atom is -0.363 e. The van der Waals surface area contributed by atoms with E-state index in [1.165, 1.54) is 17.5 Å². The lowest BCUT2D eigenvalue weighted by Gasteiger charge is -2.24. The van der Waals surface area contributed by atoms with E-state index in [9.17, 15) is 4.79 Å². The minimum absolute atomic E-state index is 0. The molecule has 1 aliphatic carbocycles. The third-order valence-electron chi connectivity index (χ3n) is 4.85. The van der Waals surface area contributed by atoms with Gasteiger partial charge in [-0.3, -0.25) is 4.79 Å². The summed E-state index contributed by atoms with van der Waals surface area (Å²) in [6.45, 7) is 1.13. The number of nitrogens with zero attached hydrogens (tertiary/aromatic N) is 2. The molecule has 1 aromatic carbocycles. The summed E-state index contributed by atoms with van der Waals surface area (Å²) in [6, 6.07) is 9.94. The van der Waals surface area contributed by atoms with E-state index < -0.39 is 0 Å². The molecule has 1 aliphatic rings. The van der Waals surface area contributed by atoms with Crippen molar-refractivity contribution in [3.63, 3.8) is 0 Å². The summed E-state index contributed by atoms with van der Waals surface area (Å²) in [5.41, 5.74) is 10.2. The maximum Gasteiger partial charge on any atom is 0.251 e. The first-order valence-corrected chi connectivity index (χ1v) is 8.82. The first kappa shape index (κ1) is 23.2. The van der Waals surface area contributed by atoms with Crippen molar-refractivity contribution >= 4 is 36.5 Å². The van der Waals surface area contributed by atoms with Gasteiger partial charge >= 0.3 is 0 Å². The van der Waals surface area contributed by atoms with Gasteiger partial charge in [0.05, 0.1) is 0 Å². The Morgan fingerprint density at radius 2 is 2.04 bits per heavy atom. The van der Waals surface area contributed by atoms with Crippen LogP contribution >= 0.6 is 24.8 Å². The van der Waals surface area contributed by atoms with Gasteiger partial charge in [-0.05, 0) is 72.7 Å². The molecule has 1 aromatic heterocycles. The van der Waals surface area contributed by atoms with Crippen LogP contribution in [-0.4, -0.2) is 31.5 Å². The molecule has 3 N–H and O–H groups in total. The SMILES string of the molecule is CN(C)c1cc(CNC(=O)c2ccc3c(c2)C(CN)CCC3)ccn1.Cl.Cl. The quantitative estimate of drug-likeness (QED) is 0.792. The number of hydrogen-bond acceptors (Lipinski definition) is 4. The standard InChI is InChI=1S/C20H26N4O.2ClH/c1-24(2)19-10-14(8-9-22-19)13-23-20(25)16-7-6-15-4-3-5-17(12-21)18(15)11-16;;/h6-11,17H,3-5,12-13,21H2,1-2H3,(H,23,25);2*1H. The number of nitrogens with one attached hydrogen (secondary N) is 1. The molecule has 1 amide bonds. The molecule has 0 fully saturated rings. The molecule has 0 saturated carbocycles. The first-order valence-electron chi connectivity index (χ1n) is 8.82. The molecule has 27 heavy (non-hydrogen) atoms. The van der Waals surface area contributed by atoms with Crippen molar-refractivity contribution in [1.29, 1.82) is 0 Å². The summed E-state index contributed by atoms with van der Waals surface area (Å²) in [6.07, 6.45) is 5.13. The molecule has 0 bridgehead atoms. The van der Waals surface area contributed by atoms with Crippen LogP contribution in [-0.2, 0) is 13.0 Å². The van der Waals surface area contributed by atoms with Crippen molar-refractivity contribution in [2.75, 3.05) is 25.5 Å². The lowest BCUT2D eigenvalue weighted by molar-refractivity contribution is 0.0950. The zero-order valence-corrected chi connectivity index (χ0v) is 17.4. The first-order chi connectivity index (χ1) is 12.1. The molecular formula is C20H28Cl2N4O. The normalized spacial score (nSPS) is 15.0. The average Bonchev–Trinajstić information content (AvgIpc) is 2.65. The van der Waals surface area contributed by atoms with Gasteiger partial charge in [0.1, 0.15) is 5.82 Å². The molecule has 0 aliphatic heterocycles. The van der Waals surface area contributed by atoms with E-state index in [1.807, 2.05) is 43.3 Å². The molecule has 3 rings (SSSR count). The second-order valence-electron chi connectivity index (χ2n) is 6.84. The van der Waals surface area contributed by atoms with E-state index >= 15 is 0 Å². The summed E-state index contributed by atoms with van der Waals surface area (Å²) in [4.78, 5) is 18.8. The van der Waals surface area contributed by atoms with E-state index in [-0.39, 0.29) is 30.7 Å². The molecule has 1 unspecified atom stereocenters. The third kappa shape index (κ3) is 5.58. The number of fused-ring (bicyclic) bond motifs is 1. The fourth-order valence-corrected chi connectivity index (χ4v) is 3.38. The van der Waals surface area contributed by atoms with Crippen LogP contribution in [0.2, 0.25) is 0 Å². The number of carbonyl (C=O) groups excluding carboxylic acids is 1. The van der Waals surface area contributed by atoms with E-state index in [1.54, 1.807) is 6.20 Å². The maximum absolute atomic E-state index is 12.5. The van der Waals surface area contributed by atoms with Gasteiger partial charge < -0.3 is 16.0 Å².